The molecule has 0 aromatic carbocycles. The SMILES string of the molecule is CC(C)CCS(=O)(=O)N(C)CCO. The highest BCUT2D eigenvalue weighted by atomic mass is 32.2. The zero-order chi connectivity index (χ0) is 10.5. The maximum absolute atomic E-state index is 11.4. The van der Waals surface area contributed by atoms with Crippen LogP contribution in [0.15, 0.2) is 0 Å². The Kier molecular flexibility index (Phi) is 5.51. The Balaban J connectivity index is 4.07. The highest BCUT2D eigenvalue weighted by Crippen LogP contribution is 2.05. The first kappa shape index (κ1) is 12.9. The van der Waals surface area contributed by atoms with Crippen molar-refractivity contribution in [3.63, 3.8) is 0 Å². The molecule has 0 rings (SSSR count). The highest BCUT2D eigenvalue weighted by Gasteiger charge is 2.16. The van der Waals surface area contributed by atoms with Gasteiger partial charge in [-0.1, -0.05) is 13.8 Å². The van der Waals surface area contributed by atoms with Gasteiger partial charge in [0.05, 0.1) is 12.4 Å². The lowest BCUT2D eigenvalue weighted by Gasteiger charge is -2.16. The molecule has 0 aromatic rings. The van der Waals surface area contributed by atoms with Crippen molar-refractivity contribution in [2.45, 2.75) is 20.3 Å². The predicted octanol–water partition coefficient (Wildman–Crippen LogP) is 0.286. The molecule has 1 N–H and O–H groups in total. The van der Waals surface area contributed by atoms with E-state index in [4.69, 9.17) is 5.11 Å². The molecule has 0 saturated heterocycles. The first-order chi connectivity index (χ1) is 5.90. The van der Waals surface area contributed by atoms with Gasteiger partial charge in [0.2, 0.25) is 10.0 Å². The van der Waals surface area contributed by atoms with Crippen molar-refractivity contribution in [1.82, 2.24) is 4.31 Å². The molecule has 0 atom stereocenters. The van der Waals surface area contributed by atoms with Crippen LogP contribution in [0.1, 0.15) is 20.3 Å². The van der Waals surface area contributed by atoms with Crippen molar-refractivity contribution >= 4 is 10.0 Å². The number of rotatable bonds is 6. The monoisotopic (exact) mass is 209 g/mol. The van der Waals surface area contributed by atoms with Gasteiger partial charge in [-0.25, -0.2) is 12.7 Å². The molecule has 0 unspecified atom stereocenters. The number of sulfonamides is 1. The first-order valence-electron chi connectivity index (χ1n) is 4.45. The Labute approximate surface area is 80.6 Å². The van der Waals surface area contributed by atoms with Crippen LogP contribution in [-0.4, -0.2) is 43.8 Å². The Bertz CT molecular complexity index is 224. The molecule has 0 saturated carbocycles. The van der Waals surface area contributed by atoms with Crippen LogP contribution in [0, 0.1) is 5.92 Å². The molecule has 0 amide bonds. The van der Waals surface area contributed by atoms with Gasteiger partial charge in [-0.15, -0.1) is 0 Å². The molecule has 0 bridgehead atoms. The molecule has 0 aliphatic rings. The third-order valence-electron chi connectivity index (χ3n) is 1.84. The standard InChI is InChI=1S/C8H19NO3S/c1-8(2)4-7-13(11,12)9(3)5-6-10/h8,10H,4-7H2,1-3H3. The van der Waals surface area contributed by atoms with Crippen LogP contribution in [-0.2, 0) is 10.0 Å². The zero-order valence-electron chi connectivity index (χ0n) is 8.52. The van der Waals surface area contributed by atoms with Crippen LogP contribution in [0.25, 0.3) is 0 Å². The summed E-state index contributed by atoms with van der Waals surface area (Å²) in [5.41, 5.74) is 0. The number of aliphatic hydroxyl groups is 1. The fourth-order valence-corrected chi connectivity index (χ4v) is 2.26. The van der Waals surface area contributed by atoms with Gasteiger partial charge in [-0.3, -0.25) is 0 Å². The van der Waals surface area contributed by atoms with Crippen molar-refractivity contribution in [3.8, 4) is 0 Å². The normalized spacial score (nSPS) is 12.8. The van der Waals surface area contributed by atoms with Gasteiger partial charge < -0.3 is 5.11 Å². The summed E-state index contributed by atoms with van der Waals surface area (Å²) < 4.78 is 24.1. The maximum atomic E-state index is 11.4. The van der Waals surface area contributed by atoms with Crippen LogP contribution >= 0.6 is 0 Å². The molecule has 0 spiro atoms. The number of nitrogens with zero attached hydrogens (tertiary/aromatic N) is 1. The summed E-state index contributed by atoms with van der Waals surface area (Å²) in [6.45, 7) is 4.03. The van der Waals surface area contributed by atoms with Crippen LogP contribution in [0.3, 0.4) is 0 Å². The minimum absolute atomic E-state index is 0.128. The zero-order valence-corrected chi connectivity index (χ0v) is 9.34. The van der Waals surface area contributed by atoms with E-state index in [2.05, 4.69) is 0 Å². The fourth-order valence-electron chi connectivity index (χ4n) is 0.820. The van der Waals surface area contributed by atoms with Gasteiger partial charge in [-0.2, -0.15) is 0 Å². The third-order valence-corrected chi connectivity index (χ3v) is 3.73. The second-order valence-electron chi connectivity index (χ2n) is 3.54. The van der Waals surface area contributed by atoms with Gasteiger partial charge in [0.15, 0.2) is 0 Å². The van der Waals surface area contributed by atoms with E-state index in [1.165, 1.54) is 11.4 Å². The number of hydrogen-bond acceptors (Lipinski definition) is 3. The van der Waals surface area contributed by atoms with E-state index in [0.717, 1.165) is 0 Å². The molecule has 0 fully saturated rings. The maximum Gasteiger partial charge on any atom is 0.213 e. The lowest BCUT2D eigenvalue weighted by Crippen LogP contribution is -2.32. The van der Waals surface area contributed by atoms with Crippen molar-refractivity contribution in [3.05, 3.63) is 0 Å². The minimum Gasteiger partial charge on any atom is -0.395 e. The van der Waals surface area contributed by atoms with Crippen LogP contribution in [0.4, 0.5) is 0 Å². The van der Waals surface area contributed by atoms with Gasteiger partial charge in [0, 0.05) is 13.6 Å². The number of likely N-dealkylation sites (N-methyl/N-ethyl adjacent to an activating group) is 1. The molecular weight excluding hydrogens is 190 g/mol. The van der Waals surface area contributed by atoms with Crippen molar-refractivity contribution in [2.75, 3.05) is 26.0 Å². The Hall–Kier alpha value is -0.130. The molecule has 80 valence electrons. The van der Waals surface area contributed by atoms with Crippen LogP contribution in [0.5, 0.6) is 0 Å². The van der Waals surface area contributed by atoms with Crippen LogP contribution < -0.4 is 0 Å². The molecule has 0 aromatic heterocycles. The minimum atomic E-state index is -3.14. The summed E-state index contributed by atoms with van der Waals surface area (Å²) in [6.07, 6.45) is 0.665. The Morgan fingerprint density at radius 2 is 1.92 bits per heavy atom. The van der Waals surface area contributed by atoms with E-state index >= 15 is 0 Å². The summed E-state index contributed by atoms with van der Waals surface area (Å²) in [6, 6.07) is 0. The Morgan fingerprint density at radius 1 is 1.38 bits per heavy atom. The van der Waals surface area contributed by atoms with Crippen molar-refractivity contribution < 1.29 is 13.5 Å². The van der Waals surface area contributed by atoms with Crippen molar-refractivity contribution in [1.29, 1.82) is 0 Å². The first-order valence-corrected chi connectivity index (χ1v) is 6.06. The highest BCUT2D eigenvalue weighted by molar-refractivity contribution is 7.89. The van der Waals surface area contributed by atoms with Gasteiger partial charge in [0.1, 0.15) is 0 Å². The molecule has 0 radical (unpaired) electrons. The van der Waals surface area contributed by atoms with Gasteiger partial charge >= 0.3 is 0 Å². The lowest BCUT2D eigenvalue weighted by molar-refractivity contribution is 0.266. The average molecular weight is 209 g/mol. The van der Waals surface area contributed by atoms with E-state index < -0.39 is 10.0 Å². The largest absolute Gasteiger partial charge is 0.395 e. The summed E-state index contributed by atoms with van der Waals surface area (Å²) in [4.78, 5) is 0. The fraction of sp³-hybridized carbons (Fsp3) is 1.00. The van der Waals surface area contributed by atoms with E-state index in [1.807, 2.05) is 13.8 Å². The van der Waals surface area contributed by atoms with Crippen LogP contribution in [0.2, 0.25) is 0 Å². The molecule has 0 aliphatic heterocycles. The molecule has 4 nitrogen and oxygen atoms in total. The second kappa shape index (κ2) is 5.57. The summed E-state index contributed by atoms with van der Waals surface area (Å²) >= 11 is 0. The smallest absolute Gasteiger partial charge is 0.213 e. The van der Waals surface area contributed by atoms with E-state index in [0.29, 0.717) is 12.3 Å². The second-order valence-corrected chi connectivity index (χ2v) is 5.74. The molecular formula is C8H19NO3S. The Morgan fingerprint density at radius 3 is 2.31 bits per heavy atom. The molecule has 0 aliphatic carbocycles. The van der Waals surface area contributed by atoms with E-state index in [9.17, 15) is 8.42 Å². The van der Waals surface area contributed by atoms with Crippen molar-refractivity contribution in [2.24, 2.45) is 5.92 Å². The summed E-state index contributed by atoms with van der Waals surface area (Å²) in [5.74, 6) is 0.554. The quantitative estimate of drug-likeness (QED) is 0.684. The van der Waals surface area contributed by atoms with Gasteiger partial charge in [-0.05, 0) is 12.3 Å². The summed E-state index contributed by atoms with van der Waals surface area (Å²) in [7, 11) is -1.65. The lowest BCUT2D eigenvalue weighted by atomic mass is 10.2. The van der Waals surface area contributed by atoms with E-state index in [-0.39, 0.29) is 18.9 Å². The number of aliphatic hydroxyl groups excluding tert-OH is 1. The van der Waals surface area contributed by atoms with Gasteiger partial charge in [0.25, 0.3) is 0 Å². The third kappa shape index (κ3) is 5.23. The number of hydrogen-bond donors (Lipinski definition) is 1. The molecule has 0 heterocycles. The topological polar surface area (TPSA) is 57.6 Å². The molecule has 5 heteroatoms. The average Bonchev–Trinajstić information content (AvgIpc) is 2.01. The predicted molar refractivity (Wildman–Crippen MR) is 53.0 cm³/mol. The molecule has 13 heavy (non-hydrogen) atoms. The van der Waals surface area contributed by atoms with E-state index in [1.54, 1.807) is 0 Å². The summed E-state index contributed by atoms with van der Waals surface area (Å²) in [5, 5.41) is 8.57.